The molecule has 0 radical (unpaired) electrons. The van der Waals surface area contributed by atoms with Crippen molar-refractivity contribution in [3.8, 4) is 0 Å². The molecule has 3 unspecified atom stereocenters. The number of non-ortho nitro benzene ring substituents is 1. The van der Waals surface area contributed by atoms with Crippen molar-refractivity contribution in [2.45, 2.75) is 69.1 Å². The Hall–Kier alpha value is -2.86. The lowest BCUT2D eigenvalue weighted by Gasteiger charge is -2.33. The normalized spacial score (nSPS) is 19.4. The highest BCUT2D eigenvalue weighted by atomic mass is 32.2. The number of nitro groups is 1. The SMILES string of the molecule is CCC1(C(=O)NC(Cc2ccccc2)C(O)CN(CC(C)C)S(=O)(=O)c2ccc([N+](=O)[O-])cc2)CCCO1. The van der Waals surface area contributed by atoms with Gasteiger partial charge in [-0.15, -0.1) is 0 Å². The molecule has 3 atom stereocenters. The standard InChI is InChI=1S/C27H37N3O7S/c1-4-27(15-8-16-37-27)26(32)28-24(17-21-9-6-5-7-10-21)25(31)19-29(18-20(2)3)38(35,36)23-13-11-22(12-14-23)30(33)34/h5-7,9-14,20,24-25,31H,4,8,15-19H2,1-3H3,(H,28,32). The van der Waals surface area contributed by atoms with Gasteiger partial charge in [-0.2, -0.15) is 4.31 Å². The predicted molar refractivity (Wildman–Crippen MR) is 143 cm³/mol. The fourth-order valence-corrected chi connectivity index (χ4v) is 6.29. The van der Waals surface area contributed by atoms with Crippen LogP contribution in [0.15, 0.2) is 59.5 Å². The van der Waals surface area contributed by atoms with Crippen LogP contribution >= 0.6 is 0 Å². The topological polar surface area (TPSA) is 139 Å². The van der Waals surface area contributed by atoms with E-state index in [0.717, 1.165) is 24.1 Å². The third-order valence-electron chi connectivity index (χ3n) is 6.81. The van der Waals surface area contributed by atoms with Crippen molar-refractivity contribution in [1.82, 2.24) is 9.62 Å². The molecule has 3 rings (SSSR count). The highest BCUT2D eigenvalue weighted by molar-refractivity contribution is 7.89. The van der Waals surface area contributed by atoms with Gasteiger partial charge in [0.05, 0.1) is 22.0 Å². The molecule has 2 aromatic rings. The summed E-state index contributed by atoms with van der Waals surface area (Å²) < 4.78 is 34.0. The summed E-state index contributed by atoms with van der Waals surface area (Å²) in [7, 11) is -4.09. The number of aliphatic hydroxyl groups is 1. The van der Waals surface area contributed by atoms with Crippen LogP contribution in [-0.4, -0.2) is 66.1 Å². The van der Waals surface area contributed by atoms with E-state index >= 15 is 0 Å². The molecule has 0 bridgehead atoms. The van der Waals surface area contributed by atoms with E-state index in [2.05, 4.69) is 5.32 Å². The Morgan fingerprint density at radius 3 is 2.34 bits per heavy atom. The number of nitro benzene ring substituents is 1. The number of rotatable bonds is 13. The first-order chi connectivity index (χ1) is 18.0. The van der Waals surface area contributed by atoms with Crippen molar-refractivity contribution in [2.75, 3.05) is 19.7 Å². The maximum Gasteiger partial charge on any atom is 0.269 e. The fourth-order valence-electron chi connectivity index (χ4n) is 4.67. The molecule has 11 heteroatoms. The molecule has 1 aliphatic rings. The van der Waals surface area contributed by atoms with Gasteiger partial charge in [-0.05, 0) is 49.3 Å². The van der Waals surface area contributed by atoms with E-state index in [1.165, 1.54) is 16.4 Å². The van der Waals surface area contributed by atoms with E-state index in [1.54, 1.807) is 0 Å². The number of sulfonamides is 1. The zero-order chi connectivity index (χ0) is 27.9. The monoisotopic (exact) mass is 547 g/mol. The highest BCUT2D eigenvalue weighted by Crippen LogP contribution is 2.30. The molecule has 1 fully saturated rings. The van der Waals surface area contributed by atoms with Gasteiger partial charge in [0.25, 0.3) is 11.6 Å². The molecule has 38 heavy (non-hydrogen) atoms. The summed E-state index contributed by atoms with van der Waals surface area (Å²) in [6, 6.07) is 13.2. The summed E-state index contributed by atoms with van der Waals surface area (Å²) >= 11 is 0. The molecule has 2 aromatic carbocycles. The first-order valence-electron chi connectivity index (χ1n) is 12.9. The Kier molecular flexibility index (Phi) is 10.00. The molecular weight excluding hydrogens is 510 g/mol. The zero-order valence-electron chi connectivity index (χ0n) is 22.1. The molecule has 0 aromatic heterocycles. The second-order valence-corrected chi connectivity index (χ2v) is 12.0. The van der Waals surface area contributed by atoms with E-state index in [0.29, 0.717) is 25.9 Å². The molecule has 0 aliphatic carbocycles. The predicted octanol–water partition coefficient (Wildman–Crippen LogP) is 3.29. The molecule has 0 spiro atoms. The Balaban J connectivity index is 1.88. The smallest absolute Gasteiger partial charge is 0.269 e. The van der Waals surface area contributed by atoms with Crippen LogP contribution in [0.5, 0.6) is 0 Å². The number of aliphatic hydroxyl groups excluding tert-OH is 1. The summed E-state index contributed by atoms with van der Waals surface area (Å²) in [5.41, 5.74) is -0.302. The van der Waals surface area contributed by atoms with Crippen molar-refractivity contribution in [3.63, 3.8) is 0 Å². The number of hydrogen-bond donors (Lipinski definition) is 2. The van der Waals surface area contributed by atoms with Gasteiger partial charge in [0, 0.05) is 31.8 Å². The molecule has 0 saturated carbocycles. The molecule has 1 aliphatic heterocycles. The first kappa shape index (κ1) is 29.7. The van der Waals surface area contributed by atoms with Gasteiger partial charge in [0.15, 0.2) is 0 Å². The highest BCUT2D eigenvalue weighted by Gasteiger charge is 2.42. The summed E-state index contributed by atoms with van der Waals surface area (Å²) in [5.74, 6) is -0.376. The van der Waals surface area contributed by atoms with Gasteiger partial charge in [-0.3, -0.25) is 14.9 Å². The lowest BCUT2D eigenvalue weighted by molar-refractivity contribution is -0.384. The van der Waals surface area contributed by atoms with Gasteiger partial charge < -0.3 is 15.2 Å². The van der Waals surface area contributed by atoms with Crippen LogP contribution in [0.3, 0.4) is 0 Å². The van der Waals surface area contributed by atoms with E-state index in [1.807, 2.05) is 51.1 Å². The number of amides is 1. The van der Waals surface area contributed by atoms with Crippen molar-refractivity contribution >= 4 is 21.6 Å². The molecule has 1 amide bonds. The van der Waals surface area contributed by atoms with Crippen LogP contribution in [0, 0.1) is 16.0 Å². The molecule has 1 heterocycles. The van der Waals surface area contributed by atoms with E-state index in [-0.39, 0.29) is 35.5 Å². The van der Waals surface area contributed by atoms with Crippen LogP contribution < -0.4 is 5.32 Å². The van der Waals surface area contributed by atoms with Gasteiger partial charge in [-0.25, -0.2) is 8.42 Å². The lowest BCUT2D eigenvalue weighted by atomic mass is 9.94. The summed E-state index contributed by atoms with van der Waals surface area (Å²) in [6.07, 6.45) is 0.892. The van der Waals surface area contributed by atoms with Crippen LogP contribution in [0.1, 0.15) is 45.6 Å². The number of carbonyl (C=O) groups excluding carboxylic acids is 1. The Morgan fingerprint density at radius 2 is 1.82 bits per heavy atom. The van der Waals surface area contributed by atoms with Gasteiger partial charge in [-0.1, -0.05) is 51.1 Å². The van der Waals surface area contributed by atoms with Crippen molar-refractivity contribution in [2.24, 2.45) is 5.92 Å². The fraction of sp³-hybridized carbons (Fsp3) is 0.519. The third-order valence-corrected chi connectivity index (χ3v) is 8.66. The van der Waals surface area contributed by atoms with Crippen LogP contribution in [0.4, 0.5) is 5.69 Å². The third kappa shape index (κ3) is 7.16. The van der Waals surface area contributed by atoms with Gasteiger partial charge in [0.2, 0.25) is 10.0 Å². The molecule has 2 N–H and O–H groups in total. The second-order valence-electron chi connectivity index (χ2n) is 10.1. The average Bonchev–Trinajstić information content (AvgIpc) is 3.39. The van der Waals surface area contributed by atoms with Crippen molar-refractivity contribution in [3.05, 3.63) is 70.3 Å². The summed E-state index contributed by atoms with van der Waals surface area (Å²) in [5, 5.41) is 25.3. The quantitative estimate of drug-likeness (QED) is 0.290. The zero-order valence-corrected chi connectivity index (χ0v) is 22.9. The van der Waals surface area contributed by atoms with Crippen molar-refractivity contribution in [1.29, 1.82) is 0 Å². The van der Waals surface area contributed by atoms with Gasteiger partial charge >= 0.3 is 0 Å². The number of carbonyl (C=O) groups is 1. The lowest BCUT2D eigenvalue weighted by Crippen LogP contribution is -2.56. The minimum Gasteiger partial charge on any atom is -0.390 e. The Bertz CT molecular complexity index is 1180. The molecule has 1 saturated heterocycles. The number of benzene rings is 2. The summed E-state index contributed by atoms with van der Waals surface area (Å²) in [6.45, 7) is 5.93. The molecule has 10 nitrogen and oxygen atoms in total. The minimum atomic E-state index is -4.09. The van der Waals surface area contributed by atoms with Crippen molar-refractivity contribution < 1.29 is 28.0 Å². The average molecular weight is 548 g/mol. The van der Waals surface area contributed by atoms with Gasteiger partial charge in [0.1, 0.15) is 5.60 Å². The Labute approximate surface area is 224 Å². The maximum absolute atomic E-state index is 13.5. The van der Waals surface area contributed by atoms with E-state index in [9.17, 15) is 28.4 Å². The largest absolute Gasteiger partial charge is 0.390 e. The van der Waals surface area contributed by atoms with E-state index < -0.39 is 32.7 Å². The number of nitrogens with one attached hydrogen (secondary N) is 1. The molecule has 208 valence electrons. The van der Waals surface area contributed by atoms with Crippen LogP contribution in [0.25, 0.3) is 0 Å². The molecular formula is C27H37N3O7S. The van der Waals surface area contributed by atoms with Crippen LogP contribution in [0.2, 0.25) is 0 Å². The Morgan fingerprint density at radius 1 is 1.16 bits per heavy atom. The first-order valence-corrected chi connectivity index (χ1v) is 14.3. The summed E-state index contributed by atoms with van der Waals surface area (Å²) in [4.78, 5) is 23.6. The minimum absolute atomic E-state index is 0.0626. The van der Waals surface area contributed by atoms with E-state index in [4.69, 9.17) is 4.74 Å². The number of hydrogen-bond acceptors (Lipinski definition) is 7. The maximum atomic E-state index is 13.5. The van der Waals surface area contributed by atoms with Crippen LogP contribution in [-0.2, 0) is 26.0 Å². The number of ether oxygens (including phenoxy) is 1. The number of nitrogens with zero attached hydrogens (tertiary/aromatic N) is 2. The second kappa shape index (κ2) is 12.8.